The molecule has 6 heteroatoms. The van der Waals surface area contributed by atoms with E-state index in [1.807, 2.05) is 63.7 Å². The molecule has 0 N–H and O–H groups in total. The fourth-order valence-corrected chi connectivity index (χ4v) is 2.76. The van der Waals surface area contributed by atoms with Crippen molar-refractivity contribution in [3.63, 3.8) is 0 Å². The molecule has 0 aliphatic carbocycles. The van der Waals surface area contributed by atoms with E-state index < -0.39 is 7.12 Å². The topological polar surface area (TPSA) is 60.1 Å². The van der Waals surface area contributed by atoms with Crippen molar-refractivity contribution in [1.82, 2.24) is 9.78 Å². The number of rotatable bonds is 3. The molecule has 2 heterocycles. The van der Waals surface area contributed by atoms with E-state index in [-0.39, 0.29) is 11.2 Å². The van der Waals surface area contributed by atoms with Crippen LogP contribution < -0.4 is 5.46 Å². The van der Waals surface area contributed by atoms with Gasteiger partial charge in [-0.05, 0) is 45.7 Å². The summed E-state index contributed by atoms with van der Waals surface area (Å²) in [6, 6.07) is 8.14. The van der Waals surface area contributed by atoms with Crippen molar-refractivity contribution >= 4 is 12.6 Å². The molecule has 124 valence electrons. The summed E-state index contributed by atoms with van der Waals surface area (Å²) in [6.07, 6.45) is 3.69. The second-order valence-electron chi connectivity index (χ2n) is 7.28. The average Bonchev–Trinajstić information content (AvgIpc) is 3.02. The number of aromatic nitrogens is 2. The Morgan fingerprint density at radius 2 is 1.88 bits per heavy atom. The van der Waals surface area contributed by atoms with Crippen molar-refractivity contribution in [1.29, 1.82) is 5.26 Å². The zero-order chi connectivity index (χ0) is 17.5. The van der Waals surface area contributed by atoms with Crippen LogP contribution in [0.1, 0.15) is 44.4 Å². The van der Waals surface area contributed by atoms with Gasteiger partial charge in [0.05, 0.1) is 29.4 Å². The quantitative estimate of drug-likeness (QED) is 0.814. The highest BCUT2D eigenvalue weighted by atomic mass is 16.7. The van der Waals surface area contributed by atoms with E-state index in [0.717, 1.165) is 16.6 Å². The first-order valence-electron chi connectivity index (χ1n) is 8.10. The van der Waals surface area contributed by atoms with Gasteiger partial charge in [-0.25, -0.2) is 0 Å². The van der Waals surface area contributed by atoms with E-state index in [1.54, 1.807) is 6.20 Å². The molecule has 1 saturated heterocycles. The van der Waals surface area contributed by atoms with Gasteiger partial charge in [0.2, 0.25) is 0 Å². The molecule has 2 aromatic rings. The summed E-state index contributed by atoms with van der Waals surface area (Å²) >= 11 is 0. The lowest BCUT2D eigenvalue weighted by molar-refractivity contribution is 0.00578. The average molecular weight is 323 g/mol. The summed E-state index contributed by atoms with van der Waals surface area (Å²) in [5, 5.41) is 13.8. The number of hydrogen-bond donors (Lipinski definition) is 0. The summed E-state index contributed by atoms with van der Waals surface area (Å²) in [5.74, 6) is 0. The van der Waals surface area contributed by atoms with Gasteiger partial charge >= 0.3 is 7.12 Å². The zero-order valence-corrected chi connectivity index (χ0v) is 14.8. The Morgan fingerprint density at radius 1 is 1.21 bits per heavy atom. The van der Waals surface area contributed by atoms with Crippen LogP contribution in [0, 0.1) is 18.3 Å². The largest absolute Gasteiger partial charge is 0.498 e. The number of benzene rings is 1. The fraction of sp³-hybridized carbons (Fsp3) is 0.444. The Kier molecular flexibility index (Phi) is 4.02. The highest BCUT2D eigenvalue weighted by Crippen LogP contribution is 2.36. The standard InChI is InChI=1S/C18H22BN3O2/c1-13-7-6-8-14(16(13)9-20)11-22-12-15(10-21-22)19-23-17(2,3)18(4,5)24-19/h6-8,10,12H,11H2,1-5H3. The molecule has 3 rings (SSSR count). The minimum atomic E-state index is -0.420. The monoisotopic (exact) mass is 323 g/mol. The van der Waals surface area contributed by atoms with Crippen molar-refractivity contribution < 1.29 is 9.31 Å². The molecular weight excluding hydrogens is 301 g/mol. The molecule has 1 aliphatic rings. The molecule has 1 aliphatic heterocycles. The maximum atomic E-state index is 9.35. The van der Waals surface area contributed by atoms with Crippen molar-refractivity contribution in [3.05, 3.63) is 47.3 Å². The molecule has 0 radical (unpaired) electrons. The number of nitriles is 1. The third kappa shape index (κ3) is 2.86. The van der Waals surface area contributed by atoms with Crippen molar-refractivity contribution in [3.8, 4) is 6.07 Å². The molecule has 1 fully saturated rings. The molecule has 1 aromatic carbocycles. The van der Waals surface area contributed by atoms with Crippen LogP contribution in [-0.4, -0.2) is 28.1 Å². The Morgan fingerprint density at radius 3 is 2.50 bits per heavy atom. The highest BCUT2D eigenvalue weighted by Gasteiger charge is 2.52. The summed E-state index contributed by atoms with van der Waals surface area (Å²) in [4.78, 5) is 0. The van der Waals surface area contributed by atoms with Crippen LogP contribution in [-0.2, 0) is 15.9 Å². The van der Waals surface area contributed by atoms with E-state index in [0.29, 0.717) is 12.1 Å². The van der Waals surface area contributed by atoms with E-state index in [9.17, 15) is 5.26 Å². The molecule has 0 saturated carbocycles. The van der Waals surface area contributed by atoms with Crippen molar-refractivity contribution in [2.45, 2.75) is 52.4 Å². The minimum absolute atomic E-state index is 0.371. The molecule has 0 bridgehead atoms. The lowest BCUT2D eigenvalue weighted by Crippen LogP contribution is -2.41. The van der Waals surface area contributed by atoms with Gasteiger partial charge in [0.25, 0.3) is 0 Å². The Hall–Kier alpha value is -2.10. The second kappa shape index (κ2) is 5.76. The smallest absolute Gasteiger partial charge is 0.399 e. The van der Waals surface area contributed by atoms with Gasteiger partial charge in [0.15, 0.2) is 0 Å². The Balaban J connectivity index is 1.81. The van der Waals surface area contributed by atoms with Crippen LogP contribution in [0.3, 0.4) is 0 Å². The van der Waals surface area contributed by atoms with Gasteiger partial charge in [-0.2, -0.15) is 10.4 Å². The Labute approximate surface area is 143 Å². The first kappa shape index (κ1) is 16.8. The van der Waals surface area contributed by atoms with Crippen LogP contribution >= 0.6 is 0 Å². The molecule has 0 unspecified atom stereocenters. The molecule has 5 nitrogen and oxygen atoms in total. The highest BCUT2D eigenvalue weighted by molar-refractivity contribution is 6.61. The van der Waals surface area contributed by atoms with E-state index in [1.165, 1.54) is 0 Å². The molecular formula is C18H22BN3O2. The maximum absolute atomic E-state index is 9.35. The van der Waals surface area contributed by atoms with Crippen LogP contribution in [0.4, 0.5) is 0 Å². The summed E-state index contributed by atoms with van der Waals surface area (Å²) in [7, 11) is -0.420. The van der Waals surface area contributed by atoms with Crippen LogP contribution in [0.25, 0.3) is 0 Å². The predicted octanol–water partition coefficient (Wildman–Crippen LogP) is 2.41. The van der Waals surface area contributed by atoms with E-state index in [2.05, 4.69) is 11.2 Å². The van der Waals surface area contributed by atoms with Crippen molar-refractivity contribution in [2.75, 3.05) is 0 Å². The molecule has 0 amide bonds. The molecule has 0 spiro atoms. The molecule has 0 atom stereocenters. The predicted molar refractivity (Wildman–Crippen MR) is 92.9 cm³/mol. The minimum Gasteiger partial charge on any atom is -0.399 e. The summed E-state index contributed by atoms with van der Waals surface area (Å²) in [6.45, 7) is 10.6. The number of aryl methyl sites for hydroxylation is 1. The molecule has 1 aromatic heterocycles. The number of nitrogens with zero attached hydrogens (tertiary/aromatic N) is 3. The van der Waals surface area contributed by atoms with Crippen LogP contribution in [0.15, 0.2) is 30.6 Å². The third-order valence-corrected chi connectivity index (χ3v) is 4.98. The fourth-order valence-electron chi connectivity index (χ4n) is 2.76. The van der Waals surface area contributed by atoms with Gasteiger partial charge in [0.1, 0.15) is 0 Å². The molecule has 24 heavy (non-hydrogen) atoms. The summed E-state index contributed by atoms with van der Waals surface area (Å²) in [5.41, 5.74) is 2.80. The van der Waals surface area contributed by atoms with Crippen molar-refractivity contribution in [2.24, 2.45) is 0 Å². The first-order chi connectivity index (χ1) is 11.2. The van der Waals surface area contributed by atoms with Crippen LogP contribution in [0.5, 0.6) is 0 Å². The number of hydrogen-bond acceptors (Lipinski definition) is 4. The van der Waals surface area contributed by atoms with Crippen LogP contribution in [0.2, 0.25) is 0 Å². The van der Waals surface area contributed by atoms with E-state index >= 15 is 0 Å². The lowest BCUT2D eigenvalue weighted by Gasteiger charge is -2.32. The lowest BCUT2D eigenvalue weighted by atomic mass is 9.82. The van der Waals surface area contributed by atoms with Gasteiger partial charge in [-0.3, -0.25) is 4.68 Å². The maximum Gasteiger partial charge on any atom is 0.498 e. The van der Waals surface area contributed by atoms with Gasteiger partial charge in [-0.1, -0.05) is 18.2 Å². The Bertz CT molecular complexity index is 789. The van der Waals surface area contributed by atoms with Gasteiger partial charge in [0, 0.05) is 17.9 Å². The van der Waals surface area contributed by atoms with Gasteiger partial charge < -0.3 is 9.31 Å². The zero-order valence-electron chi connectivity index (χ0n) is 14.8. The van der Waals surface area contributed by atoms with E-state index in [4.69, 9.17) is 9.31 Å². The van der Waals surface area contributed by atoms with Gasteiger partial charge in [-0.15, -0.1) is 0 Å². The SMILES string of the molecule is Cc1cccc(Cn2cc(B3OC(C)(C)C(C)(C)O3)cn2)c1C#N. The normalized spacial score (nSPS) is 18.6. The third-order valence-electron chi connectivity index (χ3n) is 4.98. The first-order valence-corrected chi connectivity index (χ1v) is 8.10. The second-order valence-corrected chi connectivity index (χ2v) is 7.28. The summed E-state index contributed by atoms with van der Waals surface area (Å²) < 4.78 is 13.9.